The van der Waals surface area contributed by atoms with Crippen molar-refractivity contribution in [3.05, 3.63) is 65.2 Å². The maximum Gasteiger partial charge on any atom is 0.433 e. The number of halogens is 3. The highest BCUT2D eigenvalue weighted by Gasteiger charge is 2.34. The molecule has 0 spiro atoms. The van der Waals surface area contributed by atoms with Crippen molar-refractivity contribution in [3.8, 4) is 27.6 Å². The van der Waals surface area contributed by atoms with Crippen molar-refractivity contribution in [2.45, 2.75) is 6.18 Å². The van der Waals surface area contributed by atoms with Crippen LogP contribution in [0.2, 0.25) is 0 Å². The van der Waals surface area contributed by atoms with E-state index in [1.807, 2.05) is 30.3 Å². The number of anilines is 1. The largest absolute Gasteiger partial charge is 0.433 e. The van der Waals surface area contributed by atoms with Crippen LogP contribution in [0.3, 0.4) is 0 Å². The van der Waals surface area contributed by atoms with Gasteiger partial charge in [-0.15, -0.1) is 22.7 Å². The van der Waals surface area contributed by atoms with E-state index in [4.69, 9.17) is 5.73 Å². The van der Waals surface area contributed by atoms with Gasteiger partial charge in [0.25, 0.3) is 0 Å². The third-order valence-corrected chi connectivity index (χ3v) is 6.85. The van der Waals surface area contributed by atoms with Gasteiger partial charge in [-0.25, -0.2) is 9.97 Å². The van der Waals surface area contributed by atoms with Crippen molar-refractivity contribution in [1.29, 1.82) is 5.26 Å². The standard InChI is InChI=1S/C22H11F3N4S2/c23-22(24,25)15-9-12(14-7-4-8-30-14)17-18-19(31-21(17)28-15)16(11-5-2-1-3-6-11)13(10-26)20(27)29-18/h1-9H,(H2,27,29). The van der Waals surface area contributed by atoms with Crippen molar-refractivity contribution in [3.63, 3.8) is 0 Å². The number of nitrogens with two attached hydrogens (primary N) is 1. The van der Waals surface area contributed by atoms with Crippen molar-refractivity contribution in [2.75, 3.05) is 5.73 Å². The number of hydrogen-bond acceptors (Lipinski definition) is 6. The van der Waals surface area contributed by atoms with Gasteiger partial charge < -0.3 is 5.73 Å². The summed E-state index contributed by atoms with van der Waals surface area (Å²) in [6.45, 7) is 0. The summed E-state index contributed by atoms with van der Waals surface area (Å²) in [5, 5.41) is 12.0. The number of nitrogens with zero attached hydrogens (tertiary/aromatic N) is 3. The summed E-state index contributed by atoms with van der Waals surface area (Å²) in [4.78, 5) is 9.21. The minimum atomic E-state index is -4.59. The Balaban J connectivity index is 1.98. The number of aromatic nitrogens is 2. The predicted molar refractivity (Wildman–Crippen MR) is 118 cm³/mol. The monoisotopic (exact) mass is 452 g/mol. The van der Waals surface area contributed by atoms with E-state index in [2.05, 4.69) is 16.0 Å². The van der Waals surface area contributed by atoms with Gasteiger partial charge in [-0.1, -0.05) is 36.4 Å². The zero-order valence-corrected chi connectivity index (χ0v) is 17.2. The third-order valence-electron chi connectivity index (χ3n) is 4.85. The van der Waals surface area contributed by atoms with Crippen LogP contribution in [-0.2, 0) is 6.18 Å². The minimum Gasteiger partial charge on any atom is -0.383 e. The molecule has 0 unspecified atom stereocenters. The summed E-state index contributed by atoms with van der Waals surface area (Å²) in [5.41, 5.74) is 7.48. The summed E-state index contributed by atoms with van der Waals surface area (Å²) in [6.07, 6.45) is -4.59. The van der Waals surface area contributed by atoms with Gasteiger partial charge in [0, 0.05) is 21.4 Å². The highest BCUT2D eigenvalue weighted by atomic mass is 32.1. The fraction of sp³-hybridized carbons (Fsp3) is 0.0455. The first-order valence-electron chi connectivity index (χ1n) is 9.02. The normalized spacial score (nSPS) is 11.8. The molecule has 4 nitrogen and oxygen atoms in total. The van der Waals surface area contributed by atoms with Crippen molar-refractivity contribution >= 4 is 48.9 Å². The molecule has 0 bridgehead atoms. The van der Waals surface area contributed by atoms with E-state index < -0.39 is 11.9 Å². The van der Waals surface area contributed by atoms with Crippen LogP contribution in [0.5, 0.6) is 0 Å². The summed E-state index contributed by atoms with van der Waals surface area (Å²) in [5.74, 6) is 0.0329. The molecule has 0 aliphatic carbocycles. The number of pyridine rings is 2. The second-order valence-electron chi connectivity index (χ2n) is 6.71. The molecule has 0 atom stereocenters. The molecule has 5 rings (SSSR count). The van der Waals surface area contributed by atoms with E-state index in [9.17, 15) is 18.4 Å². The first kappa shape index (κ1) is 19.5. The number of benzene rings is 1. The Morgan fingerprint density at radius 1 is 1.03 bits per heavy atom. The van der Waals surface area contributed by atoms with E-state index >= 15 is 0 Å². The molecule has 4 heterocycles. The first-order valence-corrected chi connectivity index (χ1v) is 10.7. The quantitative estimate of drug-likeness (QED) is 0.323. The first-order chi connectivity index (χ1) is 14.9. The molecule has 0 aliphatic rings. The Labute approximate surface area is 182 Å². The zero-order valence-electron chi connectivity index (χ0n) is 15.6. The van der Waals surface area contributed by atoms with Crippen LogP contribution in [0.4, 0.5) is 19.0 Å². The van der Waals surface area contributed by atoms with Gasteiger partial charge in [0.2, 0.25) is 0 Å². The zero-order chi connectivity index (χ0) is 21.8. The van der Waals surface area contributed by atoms with Crippen LogP contribution < -0.4 is 5.73 Å². The second-order valence-corrected chi connectivity index (χ2v) is 8.66. The van der Waals surface area contributed by atoms with E-state index in [0.29, 0.717) is 31.6 Å². The lowest BCUT2D eigenvalue weighted by molar-refractivity contribution is -0.140. The Kier molecular flexibility index (Phi) is 4.43. The Morgan fingerprint density at radius 2 is 1.81 bits per heavy atom. The maximum atomic E-state index is 13.6. The highest BCUT2D eigenvalue weighted by Crippen LogP contribution is 2.46. The summed E-state index contributed by atoms with van der Waals surface area (Å²) < 4.78 is 41.3. The van der Waals surface area contributed by atoms with Crippen LogP contribution in [0.15, 0.2) is 53.9 Å². The number of rotatable bonds is 2. The Hall–Kier alpha value is -3.48. The van der Waals surface area contributed by atoms with Gasteiger partial charge in [-0.2, -0.15) is 18.4 Å². The number of nitriles is 1. The molecule has 152 valence electrons. The number of nitrogen functional groups attached to an aromatic ring is 1. The van der Waals surface area contributed by atoms with Crippen molar-refractivity contribution in [1.82, 2.24) is 9.97 Å². The van der Waals surface area contributed by atoms with Crippen LogP contribution in [0, 0.1) is 11.3 Å². The lowest BCUT2D eigenvalue weighted by atomic mass is 9.99. The Morgan fingerprint density at radius 3 is 2.45 bits per heavy atom. The van der Waals surface area contributed by atoms with Crippen LogP contribution in [0.1, 0.15) is 11.3 Å². The molecule has 2 N–H and O–H groups in total. The van der Waals surface area contributed by atoms with Gasteiger partial charge in [0.05, 0.1) is 10.2 Å². The molecule has 0 saturated carbocycles. The number of thiophene rings is 2. The Bertz CT molecular complexity index is 1480. The third kappa shape index (κ3) is 3.12. The van der Waals surface area contributed by atoms with Gasteiger partial charge in [0.1, 0.15) is 28.0 Å². The van der Waals surface area contributed by atoms with Crippen molar-refractivity contribution < 1.29 is 13.2 Å². The topological polar surface area (TPSA) is 75.6 Å². The fourth-order valence-electron chi connectivity index (χ4n) is 3.54. The van der Waals surface area contributed by atoms with Crippen LogP contribution >= 0.6 is 22.7 Å². The summed E-state index contributed by atoms with van der Waals surface area (Å²) in [6, 6.07) is 15.8. The molecule has 0 fully saturated rings. The van der Waals surface area contributed by atoms with Gasteiger partial charge >= 0.3 is 6.18 Å². The average molecular weight is 452 g/mol. The molecule has 1 aromatic carbocycles. The molecule has 4 aromatic heterocycles. The highest BCUT2D eigenvalue weighted by molar-refractivity contribution is 7.26. The predicted octanol–water partition coefficient (Wildman–Crippen LogP) is 6.71. The van der Waals surface area contributed by atoms with Gasteiger partial charge in [-0.3, -0.25) is 0 Å². The summed E-state index contributed by atoms with van der Waals surface area (Å²) >= 11 is 2.42. The molecule has 31 heavy (non-hydrogen) atoms. The lowest BCUT2D eigenvalue weighted by Crippen LogP contribution is -2.07. The molecule has 0 aliphatic heterocycles. The molecule has 0 saturated heterocycles. The SMILES string of the molecule is N#Cc1c(N)nc2c(sc3nc(C(F)(F)F)cc(-c4cccs4)c32)c1-c1ccccc1. The second kappa shape index (κ2) is 7.04. The van der Waals surface area contributed by atoms with Crippen molar-refractivity contribution in [2.24, 2.45) is 0 Å². The average Bonchev–Trinajstić information content (AvgIpc) is 3.40. The van der Waals surface area contributed by atoms with E-state index in [0.717, 1.165) is 23.0 Å². The number of fused-ring (bicyclic) bond motifs is 3. The minimum absolute atomic E-state index is 0.0329. The van der Waals surface area contributed by atoms with Gasteiger partial charge in [-0.05, 0) is 23.1 Å². The molecule has 9 heteroatoms. The maximum absolute atomic E-state index is 13.6. The molecule has 5 aromatic rings. The lowest BCUT2D eigenvalue weighted by Gasteiger charge is -2.10. The van der Waals surface area contributed by atoms with E-state index in [1.165, 1.54) is 11.3 Å². The molecule has 0 amide bonds. The number of hydrogen-bond donors (Lipinski definition) is 1. The molecular weight excluding hydrogens is 441 g/mol. The van der Waals surface area contributed by atoms with E-state index in [-0.39, 0.29) is 16.2 Å². The number of alkyl halides is 3. The summed E-state index contributed by atoms with van der Waals surface area (Å²) in [7, 11) is 0. The fourth-order valence-corrected chi connectivity index (χ4v) is 5.50. The van der Waals surface area contributed by atoms with Gasteiger partial charge in [0.15, 0.2) is 0 Å². The molecular formula is C22H11F3N4S2. The van der Waals surface area contributed by atoms with Crippen LogP contribution in [-0.4, -0.2) is 9.97 Å². The smallest absolute Gasteiger partial charge is 0.383 e. The molecule has 0 radical (unpaired) electrons. The van der Waals surface area contributed by atoms with Crippen LogP contribution in [0.25, 0.3) is 42.0 Å². The van der Waals surface area contributed by atoms with E-state index in [1.54, 1.807) is 17.5 Å².